The molecule has 2 aromatic heterocycles. The van der Waals surface area contributed by atoms with Crippen molar-refractivity contribution in [3.63, 3.8) is 0 Å². The molecule has 0 radical (unpaired) electrons. The molecule has 21 heavy (non-hydrogen) atoms. The first-order valence-corrected chi connectivity index (χ1v) is 6.80. The summed E-state index contributed by atoms with van der Waals surface area (Å²) in [5.41, 5.74) is 1.70. The van der Waals surface area contributed by atoms with E-state index in [0.717, 1.165) is 5.56 Å². The lowest BCUT2D eigenvalue weighted by Crippen LogP contribution is -1.95. The molecule has 0 aliphatic carbocycles. The van der Waals surface area contributed by atoms with Crippen LogP contribution in [0.15, 0.2) is 48.8 Å². The van der Waals surface area contributed by atoms with Crippen molar-refractivity contribution < 1.29 is 4.39 Å². The number of hydrogen-bond donors (Lipinski definition) is 0. The molecule has 0 aliphatic rings. The summed E-state index contributed by atoms with van der Waals surface area (Å²) in [6.07, 6.45) is 3.25. The van der Waals surface area contributed by atoms with Crippen molar-refractivity contribution in [1.82, 2.24) is 15.0 Å². The highest BCUT2D eigenvalue weighted by Gasteiger charge is 2.15. The van der Waals surface area contributed by atoms with Gasteiger partial charge in [0.2, 0.25) is 0 Å². The first-order valence-electron chi connectivity index (χ1n) is 6.04. The van der Waals surface area contributed by atoms with Gasteiger partial charge in [0, 0.05) is 18.0 Å². The first-order chi connectivity index (χ1) is 10.1. The van der Waals surface area contributed by atoms with E-state index in [0.29, 0.717) is 17.0 Å². The van der Waals surface area contributed by atoms with E-state index in [9.17, 15) is 4.39 Å². The molecular weight excluding hydrogens is 312 g/mol. The van der Waals surface area contributed by atoms with E-state index in [1.165, 1.54) is 12.1 Å². The molecule has 0 aliphatic heterocycles. The molecule has 3 aromatic rings. The standard InChI is InChI=1S/C15H8Cl2FN3/c16-13-12(10-2-1-3-11(18)8-10)14(17)21-15(20-13)9-4-6-19-7-5-9/h1-8H. The van der Waals surface area contributed by atoms with Crippen LogP contribution in [0.3, 0.4) is 0 Å². The Kier molecular flexibility index (Phi) is 3.82. The van der Waals surface area contributed by atoms with E-state index in [1.54, 1.807) is 36.7 Å². The van der Waals surface area contributed by atoms with E-state index in [-0.39, 0.29) is 16.1 Å². The third-order valence-electron chi connectivity index (χ3n) is 2.87. The van der Waals surface area contributed by atoms with Gasteiger partial charge in [0.05, 0.1) is 5.56 Å². The molecule has 2 heterocycles. The largest absolute Gasteiger partial charge is 0.265 e. The highest BCUT2D eigenvalue weighted by atomic mass is 35.5. The summed E-state index contributed by atoms with van der Waals surface area (Å²) in [6.45, 7) is 0. The summed E-state index contributed by atoms with van der Waals surface area (Å²) in [7, 11) is 0. The molecule has 0 N–H and O–H groups in total. The zero-order chi connectivity index (χ0) is 14.8. The van der Waals surface area contributed by atoms with Crippen molar-refractivity contribution in [2.24, 2.45) is 0 Å². The van der Waals surface area contributed by atoms with Gasteiger partial charge in [-0.3, -0.25) is 4.98 Å². The third-order valence-corrected chi connectivity index (χ3v) is 3.42. The smallest absolute Gasteiger partial charge is 0.162 e. The summed E-state index contributed by atoms with van der Waals surface area (Å²) < 4.78 is 13.3. The number of nitrogens with zero attached hydrogens (tertiary/aromatic N) is 3. The minimum Gasteiger partial charge on any atom is -0.265 e. The highest BCUT2D eigenvalue weighted by Crippen LogP contribution is 2.34. The molecule has 0 atom stereocenters. The maximum absolute atomic E-state index is 13.3. The molecule has 0 fully saturated rings. The minimum absolute atomic E-state index is 0.174. The number of hydrogen-bond acceptors (Lipinski definition) is 3. The van der Waals surface area contributed by atoms with E-state index in [4.69, 9.17) is 23.2 Å². The Balaban J connectivity index is 2.13. The summed E-state index contributed by atoms with van der Waals surface area (Å²) >= 11 is 12.4. The molecule has 3 rings (SSSR count). The lowest BCUT2D eigenvalue weighted by molar-refractivity contribution is 0.628. The molecule has 0 saturated carbocycles. The van der Waals surface area contributed by atoms with Gasteiger partial charge in [0.25, 0.3) is 0 Å². The van der Waals surface area contributed by atoms with Gasteiger partial charge in [-0.2, -0.15) is 0 Å². The first kappa shape index (κ1) is 13.9. The Morgan fingerprint density at radius 1 is 0.857 bits per heavy atom. The van der Waals surface area contributed by atoms with Crippen molar-refractivity contribution in [2.45, 2.75) is 0 Å². The highest BCUT2D eigenvalue weighted by molar-refractivity contribution is 6.37. The van der Waals surface area contributed by atoms with Crippen molar-refractivity contribution in [1.29, 1.82) is 0 Å². The van der Waals surface area contributed by atoms with Crippen molar-refractivity contribution in [3.05, 3.63) is 64.9 Å². The number of benzene rings is 1. The second-order valence-corrected chi connectivity index (χ2v) is 4.97. The zero-order valence-electron chi connectivity index (χ0n) is 10.6. The van der Waals surface area contributed by atoms with Gasteiger partial charge in [-0.05, 0) is 29.8 Å². The van der Waals surface area contributed by atoms with E-state index >= 15 is 0 Å². The summed E-state index contributed by atoms with van der Waals surface area (Å²) in [5.74, 6) is 0.0189. The lowest BCUT2D eigenvalue weighted by Gasteiger charge is -2.08. The maximum Gasteiger partial charge on any atom is 0.162 e. The van der Waals surface area contributed by atoms with E-state index in [2.05, 4.69) is 15.0 Å². The Labute approximate surface area is 130 Å². The van der Waals surface area contributed by atoms with Crippen LogP contribution in [0.2, 0.25) is 10.3 Å². The van der Waals surface area contributed by atoms with E-state index in [1.807, 2.05) is 0 Å². The van der Waals surface area contributed by atoms with Crippen LogP contribution in [0, 0.1) is 5.82 Å². The number of aromatic nitrogens is 3. The molecule has 104 valence electrons. The fourth-order valence-electron chi connectivity index (χ4n) is 1.92. The monoisotopic (exact) mass is 319 g/mol. The third kappa shape index (κ3) is 2.86. The van der Waals surface area contributed by atoms with Gasteiger partial charge in [-0.1, -0.05) is 35.3 Å². The van der Waals surface area contributed by atoms with Gasteiger partial charge in [-0.15, -0.1) is 0 Å². The Bertz CT molecular complexity index is 771. The molecular formula is C15H8Cl2FN3. The second kappa shape index (κ2) is 5.76. The predicted octanol–water partition coefficient (Wildman–Crippen LogP) is 4.65. The van der Waals surface area contributed by atoms with Crippen molar-refractivity contribution in [2.75, 3.05) is 0 Å². The fraction of sp³-hybridized carbons (Fsp3) is 0. The SMILES string of the molecule is Fc1cccc(-c2c(Cl)nc(-c3ccncc3)nc2Cl)c1. The minimum atomic E-state index is -0.377. The zero-order valence-corrected chi connectivity index (χ0v) is 12.1. The van der Waals surface area contributed by atoms with Gasteiger partial charge in [0.15, 0.2) is 5.82 Å². The van der Waals surface area contributed by atoms with Crippen molar-refractivity contribution in [3.8, 4) is 22.5 Å². The number of halogens is 3. The van der Waals surface area contributed by atoms with Gasteiger partial charge in [-0.25, -0.2) is 14.4 Å². The van der Waals surface area contributed by atoms with Crippen LogP contribution >= 0.6 is 23.2 Å². The van der Waals surface area contributed by atoms with Crippen LogP contribution in [-0.2, 0) is 0 Å². The Hall–Kier alpha value is -2.04. The quantitative estimate of drug-likeness (QED) is 0.645. The van der Waals surface area contributed by atoms with Gasteiger partial charge in [0.1, 0.15) is 16.1 Å². The molecule has 0 spiro atoms. The average Bonchev–Trinajstić information content (AvgIpc) is 2.47. The summed E-state index contributed by atoms with van der Waals surface area (Å²) in [6, 6.07) is 9.47. The predicted molar refractivity (Wildman–Crippen MR) is 80.7 cm³/mol. The van der Waals surface area contributed by atoms with E-state index < -0.39 is 0 Å². The molecule has 0 amide bonds. The van der Waals surface area contributed by atoms with Crippen LogP contribution < -0.4 is 0 Å². The Morgan fingerprint density at radius 2 is 1.52 bits per heavy atom. The molecule has 0 saturated heterocycles. The van der Waals surface area contributed by atoms with Crippen LogP contribution in [0.5, 0.6) is 0 Å². The molecule has 3 nitrogen and oxygen atoms in total. The molecule has 1 aromatic carbocycles. The summed E-state index contributed by atoms with van der Waals surface area (Å²) in [5, 5.41) is 0.347. The lowest BCUT2D eigenvalue weighted by atomic mass is 10.1. The summed E-state index contributed by atoms with van der Waals surface area (Å²) in [4.78, 5) is 12.4. The normalized spacial score (nSPS) is 10.6. The maximum atomic E-state index is 13.3. The molecule has 6 heteroatoms. The second-order valence-electron chi connectivity index (χ2n) is 4.25. The van der Waals surface area contributed by atoms with Gasteiger partial charge < -0.3 is 0 Å². The number of pyridine rings is 1. The molecule has 0 bridgehead atoms. The van der Waals surface area contributed by atoms with Crippen LogP contribution in [-0.4, -0.2) is 15.0 Å². The van der Waals surface area contributed by atoms with Crippen LogP contribution in [0.4, 0.5) is 4.39 Å². The fourth-order valence-corrected chi connectivity index (χ4v) is 2.53. The molecule has 0 unspecified atom stereocenters. The van der Waals surface area contributed by atoms with Crippen LogP contribution in [0.1, 0.15) is 0 Å². The average molecular weight is 320 g/mol. The van der Waals surface area contributed by atoms with Crippen LogP contribution in [0.25, 0.3) is 22.5 Å². The van der Waals surface area contributed by atoms with Gasteiger partial charge >= 0.3 is 0 Å². The Morgan fingerprint density at radius 3 is 2.14 bits per heavy atom. The topological polar surface area (TPSA) is 38.7 Å². The van der Waals surface area contributed by atoms with Crippen molar-refractivity contribution >= 4 is 23.2 Å². The number of rotatable bonds is 2.